The lowest BCUT2D eigenvalue weighted by Crippen LogP contribution is -2.24. The molecule has 0 saturated carbocycles. The fourth-order valence-electron chi connectivity index (χ4n) is 5.30. The molecule has 41 heavy (non-hydrogen) atoms. The molecule has 0 aliphatic carbocycles. The van der Waals surface area contributed by atoms with Crippen molar-refractivity contribution in [2.75, 3.05) is 0 Å². The Labute approximate surface area is 236 Å². The third kappa shape index (κ3) is 5.20. The number of carbonyl (C=O) groups excluding carboxylic acids is 1. The summed E-state index contributed by atoms with van der Waals surface area (Å²) in [5, 5.41) is 14.5. The summed E-state index contributed by atoms with van der Waals surface area (Å²) in [6, 6.07) is 31.2. The minimum atomic E-state index is -0.998. The van der Waals surface area contributed by atoms with Crippen LogP contribution in [0, 0.1) is 5.82 Å². The van der Waals surface area contributed by atoms with Gasteiger partial charge in [0.1, 0.15) is 5.82 Å². The fraction of sp³-hybridized carbons (Fsp3) is 0.0857. The zero-order chi connectivity index (χ0) is 28.5. The minimum Gasteiger partial charge on any atom is -0.478 e. The van der Waals surface area contributed by atoms with E-state index in [1.807, 2.05) is 41.1 Å². The molecule has 2 heterocycles. The summed E-state index contributed by atoms with van der Waals surface area (Å²) < 4.78 is 15.6. The molecule has 6 aromatic rings. The molecule has 2 aromatic heterocycles. The molecule has 0 saturated heterocycles. The molecule has 0 bridgehead atoms. The highest BCUT2D eigenvalue weighted by Crippen LogP contribution is 2.34. The third-order valence-electron chi connectivity index (χ3n) is 7.60. The number of aromatic nitrogens is 1. The van der Waals surface area contributed by atoms with Gasteiger partial charge >= 0.3 is 5.97 Å². The van der Waals surface area contributed by atoms with Crippen LogP contribution >= 0.6 is 0 Å². The molecular weight excluding hydrogens is 515 g/mol. The van der Waals surface area contributed by atoms with E-state index in [0.29, 0.717) is 5.56 Å². The van der Waals surface area contributed by atoms with Crippen LogP contribution in [0.15, 0.2) is 116 Å². The molecule has 6 heteroatoms. The van der Waals surface area contributed by atoms with Crippen LogP contribution in [0.4, 0.5) is 4.39 Å². The molecule has 0 spiro atoms. The number of nitrogens with one attached hydrogen (secondary N) is 1. The van der Waals surface area contributed by atoms with E-state index in [0.717, 1.165) is 38.7 Å². The maximum atomic E-state index is 13.8. The molecule has 2 N–H and O–H groups in total. The zero-order valence-electron chi connectivity index (χ0n) is 22.3. The molecular formula is C35H27FN2O3. The van der Waals surface area contributed by atoms with E-state index in [9.17, 15) is 19.1 Å². The number of fused-ring (bicyclic) bond motifs is 2. The van der Waals surface area contributed by atoms with Crippen LogP contribution in [0.5, 0.6) is 0 Å². The summed E-state index contributed by atoms with van der Waals surface area (Å²) in [6.07, 6.45) is 3.91. The van der Waals surface area contributed by atoms with Crippen LogP contribution in [-0.2, 0) is 6.54 Å². The second-order valence-corrected chi connectivity index (χ2v) is 10.2. The number of amides is 1. The second kappa shape index (κ2) is 10.7. The van der Waals surface area contributed by atoms with Crippen molar-refractivity contribution in [2.24, 2.45) is 0 Å². The number of hydrogen-bond donors (Lipinski definition) is 2. The van der Waals surface area contributed by atoms with E-state index in [1.54, 1.807) is 24.3 Å². The molecule has 0 unspecified atom stereocenters. The maximum Gasteiger partial charge on any atom is 0.335 e. The van der Waals surface area contributed by atoms with E-state index >= 15 is 0 Å². The van der Waals surface area contributed by atoms with Crippen molar-refractivity contribution in [1.82, 2.24) is 9.72 Å². The molecule has 0 radical (unpaired) electrons. The van der Waals surface area contributed by atoms with Crippen molar-refractivity contribution in [2.45, 2.75) is 19.4 Å². The normalized spacial score (nSPS) is 12.0. The lowest BCUT2D eigenvalue weighted by Gasteiger charge is -2.16. The number of benzene rings is 4. The van der Waals surface area contributed by atoms with Crippen molar-refractivity contribution in [1.29, 1.82) is 0 Å². The SMILES string of the molecule is C[C@@H](c1ccc2ccccc2c1)c1ccn2cc(-c3ccc(F)cc3)cc(C(=O)NCc3ccc(C(=O)O)cc3)c12. The summed E-state index contributed by atoms with van der Waals surface area (Å²) in [5.41, 5.74) is 6.02. The van der Waals surface area contributed by atoms with E-state index in [4.69, 9.17) is 0 Å². The molecule has 4 aromatic carbocycles. The van der Waals surface area contributed by atoms with Gasteiger partial charge in [0, 0.05) is 24.9 Å². The van der Waals surface area contributed by atoms with Gasteiger partial charge in [0.2, 0.25) is 0 Å². The number of halogens is 1. The van der Waals surface area contributed by atoms with E-state index < -0.39 is 5.97 Å². The molecule has 202 valence electrons. The number of carboxylic acid groups (broad SMARTS) is 1. The molecule has 0 fully saturated rings. The Morgan fingerprint density at radius 1 is 0.854 bits per heavy atom. The average Bonchev–Trinajstić information content (AvgIpc) is 3.43. The van der Waals surface area contributed by atoms with Crippen molar-refractivity contribution < 1.29 is 19.1 Å². The largest absolute Gasteiger partial charge is 0.478 e. The lowest BCUT2D eigenvalue weighted by molar-refractivity contribution is 0.0696. The smallest absolute Gasteiger partial charge is 0.335 e. The topological polar surface area (TPSA) is 70.8 Å². The van der Waals surface area contributed by atoms with E-state index in [1.165, 1.54) is 29.7 Å². The Hall–Kier alpha value is -5.23. The number of nitrogens with zero attached hydrogens (tertiary/aromatic N) is 1. The molecule has 6 rings (SSSR count). The van der Waals surface area contributed by atoms with Gasteiger partial charge in [-0.2, -0.15) is 0 Å². The van der Waals surface area contributed by atoms with Crippen LogP contribution in [-0.4, -0.2) is 21.4 Å². The zero-order valence-corrected chi connectivity index (χ0v) is 22.3. The number of carbonyl (C=O) groups is 2. The van der Waals surface area contributed by atoms with Crippen molar-refractivity contribution in [3.63, 3.8) is 0 Å². The number of aromatic carboxylic acids is 1. The third-order valence-corrected chi connectivity index (χ3v) is 7.60. The summed E-state index contributed by atoms with van der Waals surface area (Å²) in [4.78, 5) is 24.9. The highest BCUT2D eigenvalue weighted by Gasteiger charge is 2.21. The Morgan fingerprint density at radius 2 is 1.59 bits per heavy atom. The standard InChI is InChI=1S/C35H27FN2O3/c1-22(27-11-10-24-4-2-3-5-28(24)18-27)31-16-17-38-21-29(25-12-14-30(36)15-13-25)19-32(33(31)38)34(39)37-20-23-6-8-26(9-7-23)35(40)41/h2-19,21-22H,20H2,1H3,(H,37,39)(H,40,41)/t22-/m0/s1. The maximum absolute atomic E-state index is 13.8. The van der Waals surface area contributed by atoms with Crippen LogP contribution in [0.3, 0.4) is 0 Å². The van der Waals surface area contributed by atoms with Crippen LogP contribution in [0.25, 0.3) is 27.4 Å². The predicted molar refractivity (Wildman–Crippen MR) is 159 cm³/mol. The highest BCUT2D eigenvalue weighted by molar-refractivity contribution is 6.03. The van der Waals surface area contributed by atoms with Gasteiger partial charge in [-0.15, -0.1) is 0 Å². The lowest BCUT2D eigenvalue weighted by atomic mass is 9.90. The van der Waals surface area contributed by atoms with Gasteiger partial charge in [0.25, 0.3) is 5.91 Å². The Balaban J connectivity index is 1.40. The van der Waals surface area contributed by atoms with Gasteiger partial charge in [-0.3, -0.25) is 4.79 Å². The average molecular weight is 543 g/mol. The monoisotopic (exact) mass is 542 g/mol. The quantitative estimate of drug-likeness (QED) is 0.217. The first kappa shape index (κ1) is 26.0. The summed E-state index contributed by atoms with van der Waals surface area (Å²) >= 11 is 0. The summed E-state index contributed by atoms with van der Waals surface area (Å²) in [7, 11) is 0. The number of carboxylic acids is 1. The van der Waals surface area contributed by atoms with Gasteiger partial charge in [0.05, 0.1) is 16.6 Å². The highest BCUT2D eigenvalue weighted by atomic mass is 19.1. The van der Waals surface area contributed by atoms with Gasteiger partial charge < -0.3 is 14.8 Å². The fourth-order valence-corrected chi connectivity index (χ4v) is 5.30. The first-order valence-corrected chi connectivity index (χ1v) is 13.4. The number of rotatable bonds is 7. The van der Waals surface area contributed by atoms with Gasteiger partial charge in [-0.05, 0) is 75.0 Å². The minimum absolute atomic E-state index is 0.0105. The Morgan fingerprint density at radius 3 is 2.32 bits per heavy atom. The van der Waals surface area contributed by atoms with Crippen LogP contribution in [0.1, 0.15) is 50.2 Å². The van der Waals surface area contributed by atoms with E-state index in [-0.39, 0.29) is 29.8 Å². The molecule has 1 atom stereocenters. The second-order valence-electron chi connectivity index (χ2n) is 10.2. The first-order valence-electron chi connectivity index (χ1n) is 13.4. The summed E-state index contributed by atoms with van der Waals surface area (Å²) in [5.74, 6) is -1.57. The molecule has 1 amide bonds. The molecule has 0 aliphatic rings. The van der Waals surface area contributed by atoms with Gasteiger partial charge in [0.15, 0.2) is 0 Å². The van der Waals surface area contributed by atoms with Crippen molar-refractivity contribution >= 4 is 28.2 Å². The van der Waals surface area contributed by atoms with E-state index in [2.05, 4.69) is 42.6 Å². The van der Waals surface area contributed by atoms with Crippen molar-refractivity contribution in [3.05, 3.63) is 149 Å². The van der Waals surface area contributed by atoms with Gasteiger partial charge in [-0.1, -0.05) is 73.7 Å². The Bertz CT molecular complexity index is 1910. The molecule has 5 nitrogen and oxygen atoms in total. The van der Waals surface area contributed by atoms with Gasteiger partial charge in [-0.25, -0.2) is 9.18 Å². The van der Waals surface area contributed by atoms with Crippen LogP contribution in [0.2, 0.25) is 0 Å². The Kier molecular flexibility index (Phi) is 6.81. The number of pyridine rings is 1. The molecule has 0 aliphatic heterocycles. The van der Waals surface area contributed by atoms with Crippen molar-refractivity contribution in [3.8, 4) is 11.1 Å². The van der Waals surface area contributed by atoms with Crippen LogP contribution < -0.4 is 5.32 Å². The number of hydrogen-bond acceptors (Lipinski definition) is 2. The summed E-state index contributed by atoms with van der Waals surface area (Å²) in [6.45, 7) is 2.38. The predicted octanol–water partition coefficient (Wildman–Crippen LogP) is 7.68. The first-order chi connectivity index (χ1) is 19.9.